The summed E-state index contributed by atoms with van der Waals surface area (Å²) in [6.45, 7) is 0.377. The molecule has 2 rings (SSSR count). The van der Waals surface area contributed by atoms with Crippen LogP contribution in [0.25, 0.3) is 0 Å². The highest BCUT2D eigenvalue weighted by Crippen LogP contribution is 2.24. The van der Waals surface area contributed by atoms with Gasteiger partial charge in [-0.25, -0.2) is 0 Å². The zero-order valence-electron chi connectivity index (χ0n) is 8.16. The predicted octanol–water partition coefficient (Wildman–Crippen LogP) is 0.570. The third-order valence-corrected chi connectivity index (χ3v) is 2.25. The topological polar surface area (TPSA) is 71.2 Å². The average molecular weight is 237 g/mol. The first kappa shape index (κ1) is 11.3. The van der Waals surface area contributed by atoms with Crippen molar-refractivity contribution >= 4 is 0 Å². The number of aliphatic hydroxyl groups is 1. The normalized spacial score (nSPS) is 26.2. The predicted molar refractivity (Wildman–Crippen MR) is 45.4 cm³/mol. The molecule has 0 unspecified atom stereocenters. The van der Waals surface area contributed by atoms with Crippen LogP contribution < -0.4 is 5.32 Å². The Labute approximate surface area is 88.6 Å². The number of aliphatic hydroxyl groups excluding tert-OH is 1. The van der Waals surface area contributed by atoms with Crippen LogP contribution in [0.2, 0.25) is 0 Å². The molecule has 0 saturated carbocycles. The van der Waals surface area contributed by atoms with Crippen molar-refractivity contribution in [3.8, 4) is 0 Å². The smallest absolute Gasteiger partial charge is 0.392 e. The van der Waals surface area contributed by atoms with Crippen molar-refractivity contribution in [3.05, 3.63) is 11.7 Å². The first-order valence-corrected chi connectivity index (χ1v) is 4.75. The molecule has 1 aromatic rings. The molecule has 2 heterocycles. The Bertz CT molecular complexity index is 366. The van der Waals surface area contributed by atoms with Crippen molar-refractivity contribution in [2.24, 2.45) is 0 Å². The van der Waals surface area contributed by atoms with Gasteiger partial charge >= 0.3 is 6.18 Å². The molecule has 1 aliphatic heterocycles. The van der Waals surface area contributed by atoms with Crippen molar-refractivity contribution in [2.45, 2.75) is 31.2 Å². The number of hydrogen-bond acceptors (Lipinski definition) is 5. The van der Waals surface area contributed by atoms with Gasteiger partial charge in [-0.15, -0.1) is 0 Å². The number of hydrogen-bond donors (Lipinski definition) is 2. The monoisotopic (exact) mass is 237 g/mol. The summed E-state index contributed by atoms with van der Waals surface area (Å²) < 4.78 is 40.7. The lowest BCUT2D eigenvalue weighted by atomic mass is 10.2. The molecule has 1 fully saturated rings. The fourth-order valence-electron chi connectivity index (χ4n) is 1.57. The molecule has 0 radical (unpaired) electrons. The van der Waals surface area contributed by atoms with Gasteiger partial charge < -0.3 is 14.9 Å². The van der Waals surface area contributed by atoms with E-state index in [0.29, 0.717) is 13.0 Å². The summed E-state index contributed by atoms with van der Waals surface area (Å²) in [4.78, 5) is 3.64. The molecule has 0 amide bonds. The molecule has 2 atom stereocenters. The van der Waals surface area contributed by atoms with Crippen LogP contribution >= 0.6 is 0 Å². The summed E-state index contributed by atoms with van der Waals surface area (Å²) in [5.41, 5.74) is 0. The third kappa shape index (κ3) is 2.70. The van der Waals surface area contributed by atoms with Crippen LogP contribution in [0.15, 0.2) is 4.52 Å². The van der Waals surface area contributed by atoms with E-state index in [1.807, 2.05) is 0 Å². The van der Waals surface area contributed by atoms with Gasteiger partial charge in [0.05, 0.1) is 12.1 Å². The molecule has 0 bridgehead atoms. The first-order chi connectivity index (χ1) is 7.44. The van der Waals surface area contributed by atoms with E-state index in [4.69, 9.17) is 4.52 Å². The van der Waals surface area contributed by atoms with Gasteiger partial charge in [-0.2, -0.15) is 18.2 Å². The lowest BCUT2D eigenvalue weighted by Gasteiger charge is -2.02. The van der Waals surface area contributed by atoms with E-state index in [9.17, 15) is 18.3 Å². The van der Waals surface area contributed by atoms with Gasteiger partial charge in [-0.3, -0.25) is 0 Å². The van der Waals surface area contributed by atoms with Crippen LogP contribution in [-0.2, 0) is 6.42 Å². The van der Waals surface area contributed by atoms with Gasteiger partial charge in [-0.05, 0) is 6.42 Å². The van der Waals surface area contributed by atoms with Crippen LogP contribution in [0, 0.1) is 0 Å². The molecule has 0 spiro atoms. The van der Waals surface area contributed by atoms with Crippen LogP contribution in [0.1, 0.15) is 24.2 Å². The molecular formula is C8H10F3N3O2. The second-order valence-corrected chi connectivity index (χ2v) is 3.69. The second kappa shape index (κ2) is 4.02. The van der Waals surface area contributed by atoms with Crippen LogP contribution in [0.5, 0.6) is 0 Å². The van der Waals surface area contributed by atoms with Crippen molar-refractivity contribution in [1.29, 1.82) is 0 Å². The van der Waals surface area contributed by atoms with E-state index < -0.39 is 18.7 Å². The highest BCUT2D eigenvalue weighted by Gasteiger charge is 2.33. The Morgan fingerprint density at radius 2 is 2.25 bits per heavy atom. The Morgan fingerprint density at radius 1 is 1.50 bits per heavy atom. The number of halogens is 3. The van der Waals surface area contributed by atoms with Gasteiger partial charge in [0.2, 0.25) is 5.89 Å². The Balaban J connectivity index is 2.02. The number of β-amino-alcohol motifs (C(OH)–C–C–N with tert-alkyl or cyclic N) is 1. The van der Waals surface area contributed by atoms with Gasteiger partial charge in [0.15, 0.2) is 5.82 Å². The van der Waals surface area contributed by atoms with Gasteiger partial charge in [0.25, 0.3) is 0 Å². The van der Waals surface area contributed by atoms with E-state index in [0.717, 1.165) is 0 Å². The molecule has 1 saturated heterocycles. The minimum Gasteiger partial charge on any atom is -0.392 e. The summed E-state index contributed by atoms with van der Waals surface area (Å²) in [5, 5.41) is 15.3. The Hall–Kier alpha value is -1.15. The highest BCUT2D eigenvalue weighted by atomic mass is 19.4. The summed E-state index contributed by atoms with van der Waals surface area (Å²) >= 11 is 0. The second-order valence-electron chi connectivity index (χ2n) is 3.69. The van der Waals surface area contributed by atoms with Gasteiger partial charge in [0.1, 0.15) is 6.42 Å². The van der Waals surface area contributed by atoms with Crippen LogP contribution in [0.3, 0.4) is 0 Å². The fraction of sp³-hybridized carbons (Fsp3) is 0.750. The number of rotatable bonds is 2. The molecule has 16 heavy (non-hydrogen) atoms. The van der Waals surface area contributed by atoms with E-state index in [2.05, 4.69) is 15.5 Å². The molecule has 0 aromatic carbocycles. The highest BCUT2D eigenvalue weighted by molar-refractivity contribution is 4.98. The molecule has 2 N–H and O–H groups in total. The molecule has 5 nitrogen and oxygen atoms in total. The van der Waals surface area contributed by atoms with Gasteiger partial charge in [-0.1, -0.05) is 5.16 Å². The maximum atomic E-state index is 12.0. The number of aromatic nitrogens is 2. The maximum Gasteiger partial charge on any atom is 0.396 e. The SMILES string of the molecule is O[C@@H]1CN[C@@H](c2nc(CC(F)(F)F)no2)C1. The van der Waals surface area contributed by atoms with Crippen molar-refractivity contribution in [1.82, 2.24) is 15.5 Å². The van der Waals surface area contributed by atoms with Crippen molar-refractivity contribution < 1.29 is 22.8 Å². The Morgan fingerprint density at radius 3 is 2.81 bits per heavy atom. The maximum absolute atomic E-state index is 12.0. The van der Waals surface area contributed by atoms with E-state index in [-0.39, 0.29) is 17.8 Å². The number of alkyl halides is 3. The standard InChI is InChI=1S/C8H10F3N3O2/c9-8(10,11)2-6-13-7(16-14-6)5-1-4(15)3-12-5/h4-5,12,15H,1-3H2/t4-,5+/m0/s1. The minimum atomic E-state index is -4.34. The van der Waals surface area contributed by atoms with E-state index >= 15 is 0 Å². The van der Waals surface area contributed by atoms with E-state index in [1.165, 1.54) is 0 Å². The summed E-state index contributed by atoms with van der Waals surface area (Å²) in [7, 11) is 0. The third-order valence-electron chi connectivity index (χ3n) is 2.25. The summed E-state index contributed by atoms with van der Waals surface area (Å²) in [6, 6.07) is -0.357. The molecular weight excluding hydrogens is 227 g/mol. The number of nitrogens with one attached hydrogen (secondary N) is 1. The number of nitrogens with zero attached hydrogens (tertiary/aromatic N) is 2. The molecule has 1 aliphatic rings. The van der Waals surface area contributed by atoms with E-state index in [1.54, 1.807) is 0 Å². The zero-order chi connectivity index (χ0) is 11.8. The lowest BCUT2D eigenvalue weighted by molar-refractivity contribution is -0.128. The average Bonchev–Trinajstić information content (AvgIpc) is 2.71. The van der Waals surface area contributed by atoms with Crippen molar-refractivity contribution in [2.75, 3.05) is 6.54 Å². The summed E-state index contributed by atoms with van der Waals surface area (Å²) in [6.07, 6.45) is -5.70. The molecule has 8 heteroatoms. The van der Waals surface area contributed by atoms with Crippen LogP contribution in [-0.4, -0.2) is 34.1 Å². The fourth-order valence-corrected chi connectivity index (χ4v) is 1.57. The quantitative estimate of drug-likeness (QED) is 0.786. The largest absolute Gasteiger partial charge is 0.396 e. The van der Waals surface area contributed by atoms with Crippen LogP contribution in [0.4, 0.5) is 13.2 Å². The van der Waals surface area contributed by atoms with Crippen molar-refractivity contribution in [3.63, 3.8) is 0 Å². The summed E-state index contributed by atoms with van der Waals surface area (Å²) in [5.74, 6) is -0.290. The molecule has 0 aliphatic carbocycles. The first-order valence-electron chi connectivity index (χ1n) is 4.75. The Kier molecular flexibility index (Phi) is 2.85. The minimum absolute atomic E-state index is 0.0933. The molecule has 1 aromatic heterocycles. The molecule has 90 valence electrons. The van der Waals surface area contributed by atoms with Gasteiger partial charge in [0, 0.05) is 6.54 Å². The lowest BCUT2D eigenvalue weighted by Crippen LogP contribution is -2.15. The zero-order valence-corrected chi connectivity index (χ0v) is 8.16.